The summed E-state index contributed by atoms with van der Waals surface area (Å²) in [5.74, 6) is 0. The average Bonchev–Trinajstić information content (AvgIpc) is 3.02. The van der Waals surface area contributed by atoms with Crippen LogP contribution in [0.15, 0.2) is 30.9 Å². The van der Waals surface area contributed by atoms with Crippen molar-refractivity contribution in [1.29, 1.82) is 0 Å². The number of hydrogen-bond donors (Lipinski definition) is 1. The molecular weight excluding hydrogens is 386 g/mol. The molecule has 146 valence electrons. The van der Waals surface area contributed by atoms with E-state index in [4.69, 9.17) is 0 Å². The average molecular weight is 403 g/mol. The lowest BCUT2D eigenvalue weighted by Gasteiger charge is -2.14. The van der Waals surface area contributed by atoms with Crippen LogP contribution < -0.4 is 5.32 Å². The molecule has 0 aliphatic carbocycles. The van der Waals surface area contributed by atoms with Crippen molar-refractivity contribution in [2.45, 2.75) is 38.3 Å². The van der Waals surface area contributed by atoms with Gasteiger partial charge in [0.05, 0.1) is 11.1 Å². The van der Waals surface area contributed by atoms with Gasteiger partial charge in [-0.3, -0.25) is 4.68 Å². The first-order valence-corrected chi connectivity index (χ1v) is 7.48. The molecule has 0 aliphatic rings. The van der Waals surface area contributed by atoms with Crippen molar-refractivity contribution in [2.75, 3.05) is 6.54 Å². The number of nitrogens with zero attached hydrogens (tertiary/aromatic N) is 3. The second-order valence-electron chi connectivity index (χ2n) is 5.46. The predicted octanol–water partition coefficient (Wildman–Crippen LogP) is 4.31. The number of rotatable bonds is 7. The molecule has 1 aromatic carbocycles. The summed E-state index contributed by atoms with van der Waals surface area (Å²) in [7, 11) is 0. The van der Waals surface area contributed by atoms with Gasteiger partial charge in [-0.1, -0.05) is 0 Å². The maximum atomic E-state index is 12.8. The third-order valence-electron chi connectivity index (χ3n) is 3.43. The summed E-state index contributed by atoms with van der Waals surface area (Å²) in [6.07, 6.45) is -5.22. The van der Waals surface area contributed by atoms with Crippen LogP contribution in [0, 0.1) is 0 Å². The molecule has 0 radical (unpaired) electrons. The maximum absolute atomic E-state index is 12.8. The van der Waals surface area contributed by atoms with E-state index in [1.807, 2.05) is 0 Å². The van der Waals surface area contributed by atoms with Crippen molar-refractivity contribution < 1.29 is 26.3 Å². The molecule has 0 saturated heterocycles. The second-order valence-corrected chi connectivity index (χ2v) is 5.46. The molecule has 0 spiro atoms. The molecule has 0 bridgehead atoms. The zero-order valence-electron chi connectivity index (χ0n) is 13.4. The monoisotopic (exact) mass is 402 g/mol. The SMILES string of the molecule is Cl.FC(F)(F)c1cc(CNCCCCn2cncn2)cc(C(F)(F)F)c1. The van der Waals surface area contributed by atoms with Gasteiger partial charge in [-0.2, -0.15) is 31.4 Å². The van der Waals surface area contributed by atoms with Gasteiger partial charge >= 0.3 is 12.4 Å². The molecule has 11 heteroatoms. The van der Waals surface area contributed by atoms with Gasteiger partial charge in [0.15, 0.2) is 0 Å². The van der Waals surface area contributed by atoms with Crippen molar-refractivity contribution in [3.8, 4) is 0 Å². The van der Waals surface area contributed by atoms with Gasteiger partial charge in [0.1, 0.15) is 12.7 Å². The summed E-state index contributed by atoms with van der Waals surface area (Å²) < 4.78 is 78.2. The highest BCUT2D eigenvalue weighted by Crippen LogP contribution is 2.36. The predicted molar refractivity (Wildman–Crippen MR) is 84.7 cm³/mol. The van der Waals surface area contributed by atoms with Gasteiger partial charge in [-0.25, -0.2) is 4.98 Å². The molecule has 1 heterocycles. The van der Waals surface area contributed by atoms with E-state index in [1.54, 1.807) is 11.0 Å². The summed E-state index contributed by atoms with van der Waals surface area (Å²) in [6.45, 7) is 1.03. The van der Waals surface area contributed by atoms with Gasteiger partial charge in [-0.15, -0.1) is 12.4 Å². The molecule has 0 amide bonds. The summed E-state index contributed by atoms with van der Waals surface area (Å²) in [6, 6.07) is 1.59. The van der Waals surface area contributed by atoms with E-state index in [0.717, 1.165) is 18.6 Å². The smallest absolute Gasteiger partial charge is 0.313 e. The van der Waals surface area contributed by atoms with Crippen LogP contribution in [0.2, 0.25) is 0 Å². The largest absolute Gasteiger partial charge is 0.416 e. The van der Waals surface area contributed by atoms with Crippen LogP contribution in [0.5, 0.6) is 0 Å². The molecule has 1 aromatic heterocycles. The number of unbranched alkanes of at least 4 members (excludes halogenated alkanes) is 1. The fourth-order valence-electron chi connectivity index (χ4n) is 2.23. The Kier molecular flexibility index (Phi) is 7.88. The molecule has 0 aliphatic heterocycles. The number of nitrogens with one attached hydrogen (secondary N) is 1. The van der Waals surface area contributed by atoms with Crippen LogP contribution in [0.4, 0.5) is 26.3 Å². The summed E-state index contributed by atoms with van der Waals surface area (Å²) in [5, 5.41) is 6.78. The van der Waals surface area contributed by atoms with Crippen molar-refractivity contribution in [3.63, 3.8) is 0 Å². The lowest BCUT2D eigenvalue weighted by molar-refractivity contribution is -0.143. The number of hydrogen-bond acceptors (Lipinski definition) is 3. The van der Waals surface area contributed by atoms with E-state index in [9.17, 15) is 26.3 Å². The highest BCUT2D eigenvalue weighted by atomic mass is 35.5. The van der Waals surface area contributed by atoms with E-state index < -0.39 is 23.5 Å². The minimum absolute atomic E-state index is 0. The summed E-state index contributed by atoms with van der Waals surface area (Å²) in [4.78, 5) is 3.79. The molecule has 2 aromatic rings. The zero-order valence-corrected chi connectivity index (χ0v) is 14.3. The van der Waals surface area contributed by atoms with Crippen molar-refractivity contribution in [2.24, 2.45) is 0 Å². The summed E-state index contributed by atoms with van der Waals surface area (Å²) >= 11 is 0. The van der Waals surface area contributed by atoms with Crippen molar-refractivity contribution in [3.05, 3.63) is 47.5 Å². The molecule has 0 fully saturated rings. The second kappa shape index (κ2) is 9.22. The van der Waals surface area contributed by atoms with E-state index in [-0.39, 0.29) is 30.6 Å². The van der Waals surface area contributed by atoms with Gasteiger partial charge < -0.3 is 5.32 Å². The fourth-order valence-corrected chi connectivity index (χ4v) is 2.23. The minimum Gasteiger partial charge on any atom is -0.313 e. The number of aryl methyl sites for hydroxylation is 1. The highest BCUT2D eigenvalue weighted by Gasteiger charge is 2.36. The number of halogens is 7. The molecule has 0 atom stereocenters. The molecule has 0 unspecified atom stereocenters. The molecule has 2 rings (SSSR count). The first-order valence-electron chi connectivity index (χ1n) is 7.48. The Morgan fingerprint density at radius 3 is 2.04 bits per heavy atom. The third kappa shape index (κ3) is 6.83. The van der Waals surface area contributed by atoms with Gasteiger partial charge in [0, 0.05) is 13.1 Å². The minimum atomic E-state index is -4.83. The standard InChI is InChI=1S/C15H16F6N4.ClH/c16-14(17,18)12-5-11(6-13(7-12)15(19,20)21)8-22-3-1-2-4-25-10-23-9-24-25;/h5-7,9-10,22H,1-4,8H2;1H. The Balaban J connectivity index is 0.00000338. The first-order chi connectivity index (χ1) is 11.7. The zero-order chi connectivity index (χ0) is 18.5. The van der Waals surface area contributed by atoms with Gasteiger partial charge in [0.2, 0.25) is 0 Å². The number of aromatic nitrogens is 3. The van der Waals surface area contributed by atoms with Gasteiger partial charge in [0.25, 0.3) is 0 Å². The molecule has 4 nitrogen and oxygen atoms in total. The summed E-state index contributed by atoms with van der Waals surface area (Å²) in [5.41, 5.74) is -2.66. The van der Waals surface area contributed by atoms with Crippen LogP contribution in [0.1, 0.15) is 29.5 Å². The molecule has 26 heavy (non-hydrogen) atoms. The quantitative estimate of drug-likeness (QED) is 0.554. The molecular formula is C15H17ClF6N4. The van der Waals surface area contributed by atoms with Crippen LogP contribution in [0.3, 0.4) is 0 Å². The Hall–Kier alpha value is -1.81. The third-order valence-corrected chi connectivity index (χ3v) is 3.43. The Labute approximate surface area is 152 Å². The normalized spacial score (nSPS) is 12.1. The lowest BCUT2D eigenvalue weighted by Crippen LogP contribution is -2.18. The van der Waals surface area contributed by atoms with E-state index in [2.05, 4.69) is 15.4 Å². The van der Waals surface area contributed by atoms with Crippen LogP contribution in [-0.2, 0) is 25.4 Å². The van der Waals surface area contributed by atoms with Crippen LogP contribution in [0.25, 0.3) is 0 Å². The van der Waals surface area contributed by atoms with E-state index in [0.29, 0.717) is 19.5 Å². The van der Waals surface area contributed by atoms with Crippen LogP contribution in [-0.4, -0.2) is 21.3 Å². The van der Waals surface area contributed by atoms with Crippen molar-refractivity contribution >= 4 is 12.4 Å². The maximum Gasteiger partial charge on any atom is 0.416 e. The Morgan fingerprint density at radius 1 is 0.923 bits per heavy atom. The van der Waals surface area contributed by atoms with Gasteiger partial charge in [-0.05, 0) is 43.1 Å². The van der Waals surface area contributed by atoms with Crippen LogP contribution >= 0.6 is 12.4 Å². The van der Waals surface area contributed by atoms with E-state index in [1.165, 1.54) is 6.33 Å². The van der Waals surface area contributed by atoms with E-state index >= 15 is 0 Å². The highest BCUT2D eigenvalue weighted by molar-refractivity contribution is 5.85. The van der Waals surface area contributed by atoms with Crippen molar-refractivity contribution in [1.82, 2.24) is 20.1 Å². The Morgan fingerprint density at radius 2 is 1.54 bits per heavy atom. The molecule has 0 saturated carbocycles. The first kappa shape index (κ1) is 22.2. The number of benzene rings is 1. The number of alkyl halides is 6. The Bertz CT molecular complexity index is 638. The lowest BCUT2D eigenvalue weighted by atomic mass is 10.0. The topological polar surface area (TPSA) is 42.7 Å². The molecule has 1 N–H and O–H groups in total. The fraction of sp³-hybridized carbons (Fsp3) is 0.467.